The zero-order chi connectivity index (χ0) is 12.1. The van der Waals surface area contributed by atoms with Crippen LogP contribution in [-0.4, -0.2) is 22.4 Å². The van der Waals surface area contributed by atoms with E-state index < -0.39 is 0 Å². The number of thioether (sulfide) groups is 1. The summed E-state index contributed by atoms with van der Waals surface area (Å²) < 4.78 is 2.28. The number of hydrogen-bond donors (Lipinski definition) is 0. The number of rotatable bonds is 6. The molecule has 1 rings (SSSR count). The fraction of sp³-hybridized carbons (Fsp3) is 0.615. The van der Waals surface area contributed by atoms with Crippen molar-refractivity contribution in [2.75, 3.05) is 11.5 Å². The third-order valence-electron chi connectivity index (χ3n) is 2.98. The van der Waals surface area contributed by atoms with Gasteiger partial charge in [0, 0.05) is 23.0 Å². The maximum Gasteiger partial charge on any atom is 0.151 e. The molecule has 0 aliphatic heterocycles. The van der Waals surface area contributed by atoms with Crippen molar-refractivity contribution in [1.82, 2.24) is 4.57 Å². The van der Waals surface area contributed by atoms with Gasteiger partial charge in [-0.3, -0.25) is 4.79 Å². The second-order valence-corrected chi connectivity index (χ2v) is 5.54. The first-order chi connectivity index (χ1) is 7.61. The molecule has 1 aromatic rings. The molecule has 1 unspecified atom stereocenters. The van der Waals surface area contributed by atoms with Gasteiger partial charge in [0.1, 0.15) is 0 Å². The van der Waals surface area contributed by atoms with Crippen LogP contribution in [-0.2, 0) is 0 Å². The Morgan fingerprint density at radius 2 is 2.19 bits per heavy atom. The fourth-order valence-electron chi connectivity index (χ4n) is 2.13. The number of nitrogens with zero attached hydrogens (tertiary/aromatic N) is 1. The fourth-order valence-corrected chi connectivity index (χ4v) is 2.92. The molecule has 0 amide bonds. The average molecular weight is 239 g/mol. The smallest absolute Gasteiger partial charge is 0.151 e. The molecule has 0 spiro atoms. The molecule has 0 N–H and O–H groups in total. The zero-order valence-corrected chi connectivity index (χ0v) is 11.4. The van der Waals surface area contributed by atoms with E-state index in [1.54, 1.807) is 0 Å². The van der Waals surface area contributed by atoms with Crippen LogP contribution >= 0.6 is 11.8 Å². The van der Waals surface area contributed by atoms with Gasteiger partial charge in [-0.05, 0) is 44.8 Å². The Labute approximate surface area is 102 Å². The van der Waals surface area contributed by atoms with E-state index in [0.29, 0.717) is 6.04 Å². The summed E-state index contributed by atoms with van der Waals surface area (Å²) in [6, 6.07) is 2.46. The van der Waals surface area contributed by atoms with E-state index in [1.165, 1.54) is 17.2 Å². The Hall–Kier alpha value is -0.700. The molecule has 1 heterocycles. The molecule has 2 nitrogen and oxygen atoms in total. The van der Waals surface area contributed by atoms with Gasteiger partial charge in [0.05, 0.1) is 0 Å². The largest absolute Gasteiger partial charge is 0.346 e. The minimum absolute atomic E-state index is 0.479. The highest BCUT2D eigenvalue weighted by Gasteiger charge is 2.13. The highest BCUT2D eigenvalue weighted by molar-refractivity contribution is 7.99. The normalized spacial score (nSPS) is 12.8. The molecule has 1 atom stereocenters. The summed E-state index contributed by atoms with van der Waals surface area (Å²) in [5, 5.41) is 0. The van der Waals surface area contributed by atoms with Crippen LogP contribution in [0.5, 0.6) is 0 Å². The van der Waals surface area contributed by atoms with Gasteiger partial charge in [-0.1, -0.05) is 6.92 Å². The van der Waals surface area contributed by atoms with Crippen molar-refractivity contribution < 1.29 is 4.79 Å². The maximum absolute atomic E-state index is 10.9. The van der Waals surface area contributed by atoms with Gasteiger partial charge < -0.3 is 4.57 Å². The van der Waals surface area contributed by atoms with Crippen LogP contribution in [0.3, 0.4) is 0 Å². The Morgan fingerprint density at radius 3 is 2.69 bits per heavy atom. The van der Waals surface area contributed by atoms with E-state index in [2.05, 4.69) is 25.3 Å². The van der Waals surface area contributed by atoms with Crippen LogP contribution in [0.2, 0.25) is 0 Å². The Kier molecular flexibility index (Phi) is 5.13. The summed E-state index contributed by atoms with van der Waals surface area (Å²) >= 11 is 1.97. The molecule has 0 fully saturated rings. The van der Waals surface area contributed by atoms with Gasteiger partial charge in [-0.25, -0.2) is 0 Å². The summed E-state index contributed by atoms with van der Waals surface area (Å²) in [4.78, 5) is 10.9. The zero-order valence-electron chi connectivity index (χ0n) is 10.6. The van der Waals surface area contributed by atoms with Crippen molar-refractivity contribution in [2.24, 2.45) is 0 Å². The van der Waals surface area contributed by atoms with E-state index in [4.69, 9.17) is 0 Å². The molecule has 90 valence electrons. The van der Waals surface area contributed by atoms with Crippen LogP contribution < -0.4 is 0 Å². The predicted molar refractivity (Wildman–Crippen MR) is 71.6 cm³/mol. The molecule has 0 radical (unpaired) electrons. The molecule has 0 bridgehead atoms. The lowest BCUT2D eigenvalue weighted by Gasteiger charge is -2.18. The van der Waals surface area contributed by atoms with Crippen LogP contribution in [0.4, 0.5) is 0 Å². The lowest BCUT2D eigenvalue weighted by molar-refractivity contribution is 0.112. The number of aromatic nitrogens is 1. The first-order valence-electron chi connectivity index (χ1n) is 5.83. The molecule has 0 saturated heterocycles. The standard InChI is InChI=1S/C13H21NOS/c1-5-16-7-6-10(2)14-11(3)8-13(9-15)12(14)4/h8-10H,5-7H2,1-4H3. The summed E-state index contributed by atoms with van der Waals surface area (Å²) in [5.74, 6) is 2.36. The lowest BCUT2D eigenvalue weighted by Crippen LogP contribution is -2.10. The topological polar surface area (TPSA) is 22.0 Å². The SMILES string of the molecule is CCSCCC(C)n1c(C)cc(C=O)c1C. The van der Waals surface area contributed by atoms with E-state index >= 15 is 0 Å². The van der Waals surface area contributed by atoms with Crippen LogP contribution in [0.15, 0.2) is 6.07 Å². The predicted octanol–water partition coefficient (Wildman–Crippen LogP) is 3.62. The van der Waals surface area contributed by atoms with Crippen LogP contribution in [0, 0.1) is 13.8 Å². The van der Waals surface area contributed by atoms with Gasteiger partial charge in [-0.2, -0.15) is 11.8 Å². The molecule has 0 aromatic carbocycles. The average Bonchev–Trinajstić information content (AvgIpc) is 2.54. The number of hydrogen-bond acceptors (Lipinski definition) is 2. The summed E-state index contributed by atoms with van der Waals surface area (Å²) in [6.45, 7) is 8.51. The van der Waals surface area contributed by atoms with Gasteiger partial charge >= 0.3 is 0 Å². The number of aryl methyl sites for hydroxylation is 1. The van der Waals surface area contributed by atoms with E-state index in [0.717, 1.165) is 24.0 Å². The number of aldehydes is 1. The second-order valence-electron chi connectivity index (χ2n) is 4.15. The van der Waals surface area contributed by atoms with Gasteiger partial charge in [0.2, 0.25) is 0 Å². The van der Waals surface area contributed by atoms with Crippen LogP contribution in [0.1, 0.15) is 48.1 Å². The van der Waals surface area contributed by atoms with Crippen molar-refractivity contribution in [1.29, 1.82) is 0 Å². The van der Waals surface area contributed by atoms with Crippen molar-refractivity contribution in [3.05, 3.63) is 23.0 Å². The summed E-state index contributed by atoms with van der Waals surface area (Å²) in [6.07, 6.45) is 2.11. The molecule has 1 aromatic heterocycles. The van der Waals surface area contributed by atoms with Gasteiger partial charge in [0.15, 0.2) is 6.29 Å². The molecular formula is C13H21NOS. The molecule has 0 aliphatic carbocycles. The van der Waals surface area contributed by atoms with Gasteiger partial charge in [0.25, 0.3) is 0 Å². The minimum atomic E-state index is 0.479. The molecule has 16 heavy (non-hydrogen) atoms. The third kappa shape index (κ3) is 2.91. The number of carbonyl (C=O) groups is 1. The van der Waals surface area contributed by atoms with Gasteiger partial charge in [-0.15, -0.1) is 0 Å². The van der Waals surface area contributed by atoms with Crippen molar-refractivity contribution >= 4 is 18.0 Å². The van der Waals surface area contributed by atoms with Crippen LogP contribution in [0.25, 0.3) is 0 Å². The Balaban J connectivity index is 2.78. The molecule has 0 aliphatic rings. The van der Waals surface area contributed by atoms with E-state index in [-0.39, 0.29) is 0 Å². The lowest BCUT2D eigenvalue weighted by atomic mass is 10.2. The highest BCUT2D eigenvalue weighted by Crippen LogP contribution is 2.22. The quantitative estimate of drug-likeness (QED) is 0.558. The highest BCUT2D eigenvalue weighted by atomic mass is 32.2. The first-order valence-corrected chi connectivity index (χ1v) is 6.98. The second kappa shape index (κ2) is 6.14. The Morgan fingerprint density at radius 1 is 1.50 bits per heavy atom. The molecule has 0 saturated carbocycles. The monoisotopic (exact) mass is 239 g/mol. The van der Waals surface area contributed by atoms with Crippen molar-refractivity contribution in [3.63, 3.8) is 0 Å². The molecule has 3 heteroatoms. The Bertz CT molecular complexity index is 357. The van der Waals surface area contributed by atoms with E-state index in [1.807, 2.05) is 24.8 Å². The van der Waals surface area contributed by atoms with Crippen molar-refractivity contribution in [2.45, 2.75) is 40.2 Å². The molecular weight excluding hydrogens is 218 g/mol. The summed E-state index contributed by atoms with van der Waals surface area (Å²) in [5.41, 5.74) is 3.11. The summed E-state index contributed by atoms with van der Waals surface area (Å²) in [7, 11) is 0. The third-order valence-corrected chi connectivity index (χ3v) is 3.91. The van der Waals surface area contributed by atoms with E-state index in [9.17, 15) is 4.79 Å². The first kappa shape index (κ1) is 13.4. The van der Waals surface area contributed by atoms with Crippen molar-refractivity contribution in [3.8, 4) is 0 Å². The maximum atomic E-state index is 10.9. The minimum Gasteiger partial charge on any atom is -0.346 e. The number of carbonyl (C=O) groups excluding carboxylic acids is 1.